The van der Waals surface area contributed by atoms with E-state index in [9.17, 15) is 0 Å². The third kappa shape index (κ3) is 1.38. The fourth-order valence-corrected chi connectivity index (χ4v) is 4.61. The highest BCUT2D eigenvalue weighted by molar-refractivity contribution is 7.99. The Kier molecular flexibility index (Phi) is 2.14. The van der Waals surface area contributed by atoms with Crippen LogP contribution in [0.3, 0.4) is 0 Å². The Labute approximate surface area is 116 Å². The van der Waals surface area contributed by atoms with Gasteiger partial charge in [0, 0.05) is 29.3 Å². The van der Waals surface area contributed by atoms with Crippen LogP contribution in [0.5, 0.6) is 0 Å². The normalized spacial score (nSPS) is 23.7. The minimum atomic E-state index is -0.184. The third-order valence-corrected chi connectivity index (χ3v) is 5.50. The molecule has 4 heteroatoms. The lowest BCUT2D eigenvalue weighted by Crippen LogP contribution is -2.36. The Balaban J connectivity index is 2.02. The summed E-state index contributed by atoms with van der Waals surface area (Å²) in [5.41, 5.74) is 3.50. The SMILES string of the molecule is Cn1c2c(c3ccccc31)C1=NOC(C)(C)C1CS2. The molecule has 0 aliphatic carbocycles. The lowest BCUT2D eigenvalue weighted by Gasteiger charge is -2.28. The molecule has 3 heterocycles. The average molecular weight is 272 g/mol. The summed E-state index contributed by atoms with van der Waals surface area (Å²) in [5, 5.41) is 7.01. The number of para-hydroxylation sites is 1. The van der Waals surface area contributed by atoms with Crippen LogP contribution in [-0.2, 0) is 11.9 Å². The molecule has 0 bridgehead atoms. The van der Waals surface area contributed by atoms with Crippen LogP contribution < -0.4 is 0 Å². The van der Waals surface area contributed by atoms with Crippen LogP contribution in [-0.4, -0.2) is 21.6 Å². The number of hydrogen-bond donors (Lipinski definition) is 0. The number of aromatic nitrogens is 1. The Morgan fingerprint density at radius 3 is 3.00 bits per heavy atom. The second kappa shape index (κ2) is 3.57. The zero-order valence-corrected chi connectivity index (χ0v) is 12.1. The van der Waals surface area contributed by atoms with Gasteiger partial charge in [-0.3, -0.25) is 0 Å². The first-order valence-corrected chi connectivity index (χ1v) is 7.55. The molecule has 1 aromatic heterocycles. The maximum Gasteiger partial charge on any atom is 0.141 e. The van der Waals surface area contributed by atoms with Crippen molar-refractivity contribution in [1.29, 1.82) is 0 Å². The molecule has 1 atom stereocenters. The molecule has 0 radical (unpaired) electrons. The number of aryl methyl sites for hydroxylation is 1. The van der Waals surface area contributed by atoms with E-state index in [-0.39, 0.29) is 5.60 Å². The molecule has 0 fully saturated rings. The molecule has 2 aliphatic heterocycles. The second-order valence-electron chi connectivity index (χ2n) is 5.79. The standard InChI is InChI=1S/C15H16N2OS/c1-15(2)10-8-19-14-12(13(10)16-18-15)9-6-4-5-7-11(9)17(14)3/h4-7,10H,8H2,1-3H3. The van der Waals surface area contributed by atoms with Gasteiger partial charge < -0.3 is 9.40 Å². The fourth-order valence-electron chi connectivity index (χ4n) is 3.07. The van der Waals surface area contributed by atoms with E-state index in [1.54, 1.807) is 0 Å². The van der Waals surface area contributed by atoms with Gasteiger partial charge in [0.25, 0.3) is 0 Å². The van der Waals surface area contributed by atoms with Crippen LogP contribution in [0.4, 0.5) is 0 Å². The lowest BCUT2D eigenvalue weighted by atomic mass is 9.86. The number of hydrogen-bond acceptors (Lipinski definition) is 3. The molecule has 19 heavy (non-hydrogen) atoms. The van der Waals surface area contributed by atoms with Crippen molar-refractivity contribution in [1.82, 2.24) is 4.57 Å². The summed E-state index contributed by atoms with van der Waals surface area (Å²) in [4.78, 5) is 5.67. The van der Waals surface area contributed by atoms with E-state index in [2.05, 4.69) is 54.9 Å². The number of benzene rings is 1. The van der Waals surface area contributed by atoms with E-state index in [0.717, 1.165) is 11.5 Å². The summed E-state index contributed by atoms with van der Waals surface area (Å²) < 4.78 is 2.28. The largest absolute Gasteiger partial charge is 0.389 e. The van der Waals surface area contributed by atoms with Crippen molar-refractivity contribution in [2.24, 2.45) is 18.1 Å². The van der Waals surface area contributed by atoms with Gasteiger partial charge in [0.15, 0.2) is 0 Å². The van der Waals surface area contributed by atoms with Crippen LogP contribution in [0.2, 0.25) is 0 Å². The van der Waals surface area contributed by atoms with Crippen molar-refractivity contribution in [3.05, 3.63) is 29.8 Å². The molecule has 4 rings (SSSR count). The molecule has 3 nitrogen and oxygen atoms in total. The summed E-state index contributed by atoms with van der Waals surface area (Å²) in [7, 11) is 2.13. The number of oxime groups is 1. The third-order valence-electron chi connectivity index (χ3n) is 4.24. The van der Waals surface area contributed by atoms with E-state index in [1.807, 2.05) is 11.8 Å². The van der Waals surface area contributed by atoms with Crippen molar-refractivity contribution in [2.75, 3.05) is 5.75 Å². The Hall–Kier alpha value is -1.42. The van der Waals surface area contributed by atoms with E-state index in [4.69, 9.17) is 4.84 Å². The van der Waals surface area contributed by atoms with Crippen LogP contribution in [0.25, 0.3) is 10.9 Å². The lowest BCUT2D eigenvalue weighted by molar-refractivity contribution is -0.00924. The number of thioether (sulfide) groups is 1. The minimum absolute atomic E-state index is 0.184. The molecular weight excluding hydrogens is 256 g/mol. The number of rotatable bonds is 0. The van der Waals surface area contributed by atoms with Crippen molar-refractivity contribution < 1.29 is 4.84 Å². The molecule has 0 amide bonds. The zero-order valence-electron chi connectivity index (χ0n) is 11.3. The molecule has 0 N–H and O–H groups in total. The van der Waals surface area contributed by atoms with Crippen molar-refractivity contribution in [3.63, 3.8) is 0 Å². The maximum absolute atomic E-state index is 5.67. The summed E-state index contributed by atoms with van der Waals surface area (Å²) in [6.07, 6.45) is 0. The van der Waals surface area contributed by atoms with Crippen molar-refractivity contribution >= 4 is 28.4 Å². The summed E-state index contributed by atoms with van der Waals surface area (Å²) in [5.74, 6) is 1.43. The fraction of sp³-hybridized carbons (Fsp3) is 0.400. The molecule has 2 aliphatic rings. The zero-order chi connectivity index (χ0) is 13.2. The molecule has 0 saturated heterocycles. The predicted molar refractivity (Wildman–Crippen MR) is 78.8 cm³/mol. The van der Waals surface area contributed by atoms with Gasteiger partial charge in [-0.05, 0) is 19.9 Å². The first kappa shape index (κ1) is 11.4. The van der Waals surface area contributed by atoms with Gasteiger partial charge in [-0.25, -0.2) is 0 Å². The van der Waals surface area contributed by atoms with Crippen LogP contribution >= 0.6 is 11.8 Å². The van der Waals surface area contributed by atoms with Crippen LogP contribution in [0.1, 0.15) is 19.4 Å². The van der Waals surface area contributed by atoms with Crippen molar-refractivity contribution in [2.45, 2.75) is 24.5 Å². The maximum atomic E-state index is 5.67. The van der Waals surface area contributed by atoms with E-state index in [0.29, 0.717) is 5.92 Å². The summed E-state index contributed by atoms with van der Waals surface area (Å²) in [6, 6.07) is 8.54. The topological polar surface area (TPSA) is 26.5 Å². The Bertz CT molecular complexity index is 714. The van der Waals surface area contributed by atoms with E-state index < -0.39 is 0 Å². The molecule has 1 unspecified atom stereocenters. The Morgan fingerprint density at radius 2 is 2.16 bits per heavy atom. The minimum Gasteiger partial charge on any atom is -0.389 e. The highest BCUT2D eigenvalue weighted by Gasteiger charge is 2.46. The monoisotopic (exact) mass is 272 g/mol. The molecular formula is C15H16N2OS. The Morgan fingerprint density at radius 1 is 1.37 bits per heavy atom. The summed E-state index contributed by atoms with van der Waals surface area (Å²) in [6.45, 7) is 4.26. The second-order valence-corrected chi connectivity index (χ2v) is 6.80. The van der Waals surface area contributed by atoms with Gasteiger partial charge in [0.2, 0.25) is 0 Å². The van der Waals surface area contributed by atoms with E-state index >= 15 is 0 Å². The predicted octanol–water partition coefficient (Wildman–Crippen LogP) is 3.41. The smallest absolute Gasteiger partial charge is 0.141 e. The molecule has 98 valence electrons. The first-order valence-electron chi connectivity index (χ1n) is 6.56. The van der Waals surface area contributed by atoms with Gasteiger partial charge in [-0.2, -0.15) is 0 Å². The first-order chi connectivity index (χ1) is 9.09. The van der Waals surface area contributed by atoms with E-state index in [1.165, 1.54) is 21.5 Å². The van der Waals surface area contributed by atoms with Crippen LogP contribution in [0, 0.1) is 5.92 Å². The highest BCUT2D eigenvalue weighted by Crippen LogP contribution is 2.45. The highest BCUT2D eigenvalue weighted by atomic mass is 32.2. The van der Waals surface area contributed by atoms with Gasteiger partial charge in [0.1, 0.15) is 5.60 Å². The molecule has 1 aromatic carbocycles. The van der Waals surface area contributed by atoms with Gasteiger partial charge in [0.05, 0.1) is 16.7 Å². The van der Waals surface area contributed by atoms with Crippen LogP contribution in [0.15, 0.2) is 34.4 Å². The number of nitrogens with zero attached hydrogens (tertiary/aromatic N) is 2. The molecule has 0 saturated carbocycles. The quantitative estimate of drug-likeness (QED) is 0.734. The van der Waals surface area contributed by atoms with Crippen molar-refractivity contribution in [3.8, 4) is 0 Å². The van der Waals surface area contributed by atoms with Gasteiger partial charge >= 0.3 is 0 Å². The molecule has 2 aromatic rings. The summed E-state index contributed by atoms with van der Waals surface area (Å²) >= 11 is 1.92. The number of fused-ring (bicyclic) bond motifs is 5. The van der Waals surface area contributed by atoms with Gasteiger partial charge in [-0.1, -0.05) is 23.4 Å². The van der Waals surface area contributed by atoms with Gasteiger partial charge in [-0.15, -0.1) is 11.8 Å². The average Bonchev–Trinajstić information content (AvgIpc) is 2.87. The molecule has 0 spiro atoms.